The third-order valence-corrected chi connectivity index (χ3v) is 4.05. The standard InChI is InChI=1S/C16H20N6O4/c1-9-5-3-4-6-11(9)26-8-10(23)7-22-12-13(18-15(22)20-17)21(2)16(25)19-14(12)24/h3-6,10,23H,7-8,17H2,1-2H3,(H,18,20)(H,19,24,25)/t10-/m1/s1. The molecular formula is C16H20N6O4. The Balaban J connectivity index is 1.88. The van der Waals surface area contributed by atoms with Crippen molar-refractivity contribution in [1.29, 1.82) is 0 Å². The van der Waals surface area contributed by atoms with Crippen LogP contribution in [0.15, 0.2) is 33.9 Å². The smallest absolute Gasteiger partial charge is 0.329 e. The van der Waals surface area contributed by atoms with Gasteiger partial charge in [-0.3, -0.25) is 19.8 Å². The SMILES string of the molecule is Cc1ccccc1OC[C@H](O)Cn1c(NN)nc2c1c(=O)[nH]c(=O)n2C. The fourth-order valence-electron chi connectivity index (χ4n) is 2.69. The first-order chi connectivity index (χ1) is 12.4. The summed E-state index contributed by atoms with van der Waals surface area (Å²) in [5, 5.41) is 10.3. The van der Waals surface area contributed by atoms with Gasteiger partial charge in [0.05, 0.1) is 6.54 Å². The summed E-state index contributed by atoms with van der Waals surface area (Å²) < 4.78 is 8.24. The Morgan fingerprint density at radius 2 is 2.12 bits per heavy atom. The van der Waals surface area contributed by atoms with Crippen LogP contribution >= 0.6 is 0 Å². The number of aromatic amines is 1. The third kappa shape index (κ3) is 3.19. The van der Waals surface area contributed by atoms with Crippen LogP contribution in [0.5, 0.6) is 5.75 Å². The number of anilines is 1. The molecule has 0 aliphatic heterocycles. The fourth-order valence-corrected chi connectivity index (χ4v) is 2.69. The summed E-state index contributed by atoms with van der Waals surface area (Å²) in [5.74, 6) is 6.29. The largest absolute Gasteiger partial charge is 0.491 e. The summed E-state index contributed by atoms with van der Waals surface area (Å²) in [5.41, 5.74) is 2.44. The molecule has 0 spiro atoms. The summed E-state index contributed by atoms with van der Waals surface area (Å²) in [6.45, 7) is 1.92. The number of aliphatic hydroxyl groups is 1. The van der Waals surface area contributed by atoms with Crippen LogP contribution in [0.3, 0.4) is 0 Å². The molecule has 0 fully saturated rings. The van der Waals surface area contributed by atoms with Gasteiger partial charge in [0.15, 0.2) is 11.2 Å². The molecule has 2 aromatic heterocycles. The highest BCUT2D eigenvalue weighted by Gasteiger charge is 2.19. The second kappa shape index (κ2) is 7.02. The van der Waals surface area contributed by atoms with Gasteiger partial charge >= 0.3 is 5.69 Å². The third-order valence-electron chi connectivity index (χ3n) is 4.05. The van der Waals surface area contributed by atoms with Crippen LogP contribution in [-0.4, -0.2) is 36.9 Å². The van der Waals surface area contributed by atoms with E-state index < -0.39 is 17.4 Å². The number of ether oxygens (including phenoxy) is 1. The molecule has 0 aliphatic rings. The van der Waals surface area contributed by atoms with E-state index in [1.807, 2.05) is 31.2 Å². The normalized spacial score (nSPS) is 12.3. The van der Waals surface area contributed by atoms with E-state index in [1.165, 1.54) is 16.2 Å². The Bertz CT molecular complexity index is 1050. The molecule has 0 saturated carbocycles. The minimum Gasteiger partial charge on any atom is -0.491 e. The molecule has 1 atom stereocenters. The van der Waals surface area contributed by atoms with E-state index in [0.717, 1.165) is 5.56 Å². The van der Waals surface area contributed by atoms with Crippen molar-refractivity contribution in [2.45, 2.75) is 19.6 Å². The molecule has 3 rings (SSSR count). The van der Waals surface area contributed by atoms with E-state index in [4.69, 9.17) is 10.6 Å². The Hall–Kier alpha value is -3.11. The lowest BCUT2D eigenvalue weighted by Crippen LogP contribution is -2.31. The summed E-state index contributed by atoms with van der Waals surface area (Å²) in [6, 6.07) is 7.45. The molecule has 0 aliphatic carbocycles. The van der Waals surface area contributed by atoms with Gasteiger partial charge in [-0.05, 0) is 18.6 Å². The van der Waals surface area contributed by atoms with Crippen molar-refractivity contribution in [1.82, 2.24) is 19.1 Å². The van der Waals surface area contributed by atoms with E-state index >= 15 is 0 Å². The van der Waals surface area contributed by atoms with Crippen molar-refractivity contribution >= 4 is 17.1 Å². The first kappa shape index (κ1) is 17.7. The molecule has 26 heavy (non-hydrogen) atoms. The summed E-state index contributed by atoms with van der Waals surface area (Å²) in [6.07, 6.45) is -0.934. The maximum atomic E-state index is 12.2. The number of nitrogen functional groups attached to an aromatic ring is 1. The number of para-hydroxylation sites is 1. The number of nitrogens with two attached hydrogens (primary N) is 1. The number of benzene rings is 1. The molecule has 0 bridgehead atoms. The number of hydrogen-bond donors (Lipinski definition) is 4. The number of nitrogens with one attached hydrogen (secondary N) is 2. The average Bonchev–Trinajstić information content (AvgIpc) is 2.98. The van der Waals surface area contributed by atoms with Gasteiger partial charge in [0, 0.05) is 7.05 Å². The van der Waals surface area contributed by atoms with E-state index in [1.54, 1.807) is 0 Å². The van der Waals surface area contributed by atoms with E-state index in [-0.39, 0.29) is 30.3 Å². The Morgan fingerprint density at radius 3 is 2.81 bits per heavy atom. The molecule has 10 heteroatoms. The van der Waals surface area contributed by atoms with Crippen LogP contribution in [0.25, 0.3) is 11.2 Å². The number of aliphatic hydroxyl groups excluding tert-OH is 1. The zero-order valence-corrected chi connectivity index (χ0v) is 14.4. The summed E-state index contributed by atoms with van der Waals surface area (Å²) >= 11 is 0. The number of imidazole rings is 1. The highest BCUT2D eigenvalue weighted by Crippen LogP contribution is 2.18. The molecule has 0 radical (unpaired) electrons. The van der Waals surface area contributed by atoms with Gasteiger partial charge in [0.2, 0.25) is 5.95 Å². The monoisotopic (exact) mass is 360 g/mol. The molecule has 2 heterocycles. The molecule has 5 N–H and O–H groups in total. The van der Waals surface area contributed by atoms with Gasteiger partial charge in [0.1, 0.15) is 18.5 Å². The van der Waals surface area contributed by atoms with Crippen LogP contribution in [-0.2, 0) is 13.6 Å². The minimum atomic E-state index is -0.934. The number of aryl methyl sites for hydroxylation is 2. The van der Waals surface area contributed by atoms with Crippen molar-refractivity contribution in [3.8, 4) is 5.75 Å². The second-order valence-electron chi connectivity index (χ2n) is 5.91. The van der Waals surface area contributed by atoms with Crippen LogP contribution in [0.1, 0.15) is 5.56 Å². The fraction of sp³-hybridized carbons (Fsp3) is 0.312. The predicted molar refractivity (Wildman–Crippen MR) is 96.1 cm³/mol. The molecule has 138 valence electrons. The zero-order valence-electron chi connectivity index (χ0n) is 14.4. The highest BCUT2D eigenvalue weighted by molar-refractivity contribution is 5.74. The molecule has 1 aromatic carbocycles. The molecular weight excluding hydrogens is 340 g/mol. The highest BCUT2D eigenvalue weighted by atomic mass is 16.5. The second-order valence-corrected chi connectivity index (χ2v) is 5.91. The molecule has 0 unspecified atom stereocenters. The van der Waals surface area contributed by atoms with Crippen LogP contribution in [0.4, 0.5) is 5.95 Å². The van der Waals surface area contributed by atoms with Crippen LogP contribution < -0.4 is 27.3 Å². The molecule has 3 aromatic rings. The predicted octanol–water partition coefficient (Wildman–Crippen LogP) is -0.543. The van der Waals surface area contributed by atoms with Crippen molar-refractivity contribution < 1.29 is 9.84 Å². The number of H-pyrrole nitrogens is 1. The average molecular weight is 360 g/mol. The maximum Gasteiger partial charge on any atom is 0.329 e. The quantitative estimate of drug-likeness (QED) is 0.342. The number of fused-ring (bicyclic) bond motifs is 1. The lowest BCUT2D eigenvalue weighted by molar-refractivity contribution is 0.0935. The van der Waals surface area contributed by atoms with Gasteiger partial charge in [-0.1, -0.05) is 18.2 Å². The van der Waals surface area contributed by atoms with Crippen molar-refractivity contribution in [2.75, 3.05) is 12.0 Å². The topological polar surface area (TPSA) is 140 Å². The summed E-state index contributed by atoms with van der Waals surface area (Å²) in [7, 11) is 1.48. The molecule has 0 saturated heterocycles. The van der Waals surface area contributed by atoms with Gasteiger partial charge in [0.25, 0.3) is 5.56 Å². The van der Waals surface area contributed by atoms with Gasteiger partial charge in [-0.25, -0.2) is 10.6 Å². The zero-order chi connectivity index (χ0) is 18.8. The number of hydrogen-bond acceptors (Lipinski definition) is 7. The first-order valence-electron chi connectivity index (χ1n) is 7.95. The Labute approximate surface area is 147 Å². The summed E-state index contributed by atoms with van der Waals surface area (Å²) in [4.78, 5) is 30.3. The van der Waals surface area contributed by atoms with E-state index in [0.29, 0.717) is 5.75 Å². The Kier molecular flexibility index (Phi) is 4.78. The van der Waals surface area contributed by atoms with E-state index in [2.05, 4.69) is 15.4 Å². The number of rotatable bonds is 6. The van der Waals surface area contributed by atoms with Crippen molar-refractivity contribution in [3.63, 3.8) is 0 Å². The maximum absolute atomic E-state index is 12.2. The number of nitrogens with zero attached hydrogens (tertiary/aromatic N) is 3. The lowest BCUT2D eigenvalue weighted by Gasteiger charge is -2.16. The Morgan fingerprint density at radius 1 is 1.38 bits per heavy atom. The number of aromatic nitrogens is 4. The number of hydrazine groups is 1. The van der Waals surface area contributed by atoms with Gasteiger partial charge < -0.3 is 14.4 Å². The first-order valence-corrected chi connectivity index (χ1v) is 7.95. The minimum absolute atomic E-state index is 0.00317. The van der Waals surface area contributed by atoms with Crippen LogP contribution in [0, 0.1) is 6.92 Å². The lowest BCUT2D eigenvalue weighted by atomic mass is 10.2. The van der Waals surface area contributed by atoms with Crippen molar-refractivity contribution in [3.05, 3.63) is 50.7 Å². The van der Waals surface area contributed by atoms with Gasteiger partial charge in [-0.15, -0.1) is 0 Å². The van der Waals surface area contributed by atoms with Gasteiger partial charge in [-0.2, -0.15) is 4.98 Å². The van der Waals surface area contributed by atoms with Crippen molar-refractivity contribution in [2.24, 2.45) is 12.9 Å². The van der Waals surface area contributed by atoms with E-state index in [9.17, 15) is 14.7 Å². The molecule has 10 nitrogen and oxygen atoms in total. The molecule has 0 amide bonds. The van der Waals surface area contributed by atoms with Crippen LogP contribution in [0.2, 0.25) is 0 Å².